The summed E-state index contributed by atoms with van der Waals surface area (Å²) in [6, 6.07) is 7.06. The number of hydrogen-bond donors (Lipinski definition) is 2. The molecule has 0 saturated carbocycles. The smallest absolute Gasteiger partial charge is 0.224 e. The Hall–Kier alpha value is -1.85. The van der Waals surface area contributed by atoms with Gasteiger partial charge in [-0.1, -0.05) is 11.6 Å². The molecule has 1 amide bonds. The predicted octanol–water partition coefficient (Wildman–Crippen LogP) is 2.63. The van der Waals surface area contributed by atoms with Crippen molar-refractivity contribution >= 4 is 23.2 Å². The van der Waals surface area contributed by atoms with Crippen LogP contribution >= 0.6 is 11.6 Å². The van der Waals surface area contributed by atoms with Crippen LogP contribution in [0.3, 0.4) is 0 Å². The van der Waals surface area contributed by atoms with Gasteiger partial charge in [0.25, 0.3) is 0 Å². The molecule has 0 unspecified atom stereocenters. The number of carbonyl (C=O) groups excluding carboxylic acids is 1. The van der Waals surface area contributed by atoms with Crippen molar-refractivity contribution < 1.29 is 9.90 Å². The van der Waals surface area contributed by atoms with E-state index in [1.807, 2.05) is 6.07 Å². The van der Waals surface area contributed by atoms with E-state index in [1.54, 1.807) is 35.3 Å². The lowest BCUT2D eigenvalue weighted by molar-refractivity contribution is -0.116. The number of benzene rings is 1. The van der Waals surface area contributed by atoms with Gasteiger partial charge in [0.15, 0.2) is 0 Å². The molecule has 0 aliphatic heterocycles. The number of halogens is 1. The summed E-state index contributed by atoms with van der Waals surface area (Å²) in [5, 5.41) is 16.2. The zero-order chi connectivity index (χ0) is 14.4. The first-order valence-electron chi connectivity index (χ1n) is 6.41. The van der Waals surface area contributed by atoms with Crippen LogP contribution in [0.4, 0.5) is 5.69 Å². The first-order valence-corrected chi connectivity index (χ1v) is 6.79. The Balaban J connectivity index is 2.14. The highest BCUT2D eigenvalue weighted by Gasteiger charge is 2.09. The number of aliphatic hydroxyl groups is 1. The van der Waals surface area contributed by atoms with Gasteiger partial charge < -0.3 is 10.4 Å². The van der Waals surface area contributed by atoms with Gasteiger partial charge >= 0.3 is 0 Å². The Labute approximate surface area is 122 Å². The number of hydrogen-bond acceptors (Lipinski definition) is 3. The van der Waals surface area contributed by atoms with Gasteiger partial charge in [0.2, 0.25) is 5.91 Å². The zero-order valence-electron chi connectivity index (χ0n) is 10.9. The van der Waals surface area contributed by atoms with Gasteiger partial charge in [0.1, 0.15) is 0 Å². The zero-order valence-corrected chi connectivity index (χ0v) is 11.7. The topological polar surface area (TPSA) is 67.2 Å². The number of rotatable bonds is 6. The van der Waals surface area contributed by atoms with E-state index in [2.05, 4.69) is 10.4 Å². The highest BCUT2D eigenvalue weighted by molar-refractivity contribution is 6.31. The minimum atomic E-state index is -0.103. The first kappa shape index (κ1) is 14.6. The van der Waals surface area contributed by atoms with Crippen molar-refractivity contribution in [3.05, 3.63) is 41.7 Å². The van der Waals surface area contributed by atoms with Gasteiger partial charge in [-0.15, -0.1) is 0 Å². The summed E-state index contributed by atoms with van der Waals surface area (Å²) < 4.78 is 1.67. The summed E-state index contributed by atoms with van der Waals surface area (Å²) >= 11 is 5.97. The van der Waals surface area contributed by atoms with Gasteiger partial charge in [0, 0.05) is 30.4 Å². The fourth-order valence-electron chi connectivity index (χ4n) is 1.83. The molecule has 0 bridgehead atoms. The van der Waals surface area contributed by atoms with Crippen LogP contribution in [0, 0.1) is 0 Å². The molecule has 0 aliphatic carbocycles. The molecule has 1 aromatic heterocycles. The van der Waals surface area contributed by atoms with E-state index in [1.165, 1.54) is 0 Å². The molecule has 0 aliphatic rings. The van der Waals surface area contributed by atoms with Crippen molar-refractivity contribution in [2.75, 3.05) is 11.9 Å². The van der Waals surface area contributed by atoms with Crippen molar-refractivity contribution in [3.63, 3.8) is 0 Å². The fraction of sp³-hybridized carbons (Fsp3) is 0.286. The molecule has 5 nitrogen and oxygen atoms in total. The molecule has 20 heavy (non-hydrogen) atoms. The Morgan fingerprint density at radius 3 is 2.95 bits per heavy atom. The Morgan fingerprint density at radius 2 is 2.25 bits per heavy atom. The molecule has 6 heteroatoms. The molecule has 1 aromatic carbocycles. The lowest BCUT2D eigenvalue weighted by Gasteiger charge is -2.11. The Kier molecular flexibility index (Phi) is 5.15. The van der Waals surface area contributed by atoms with Gasteiger partial charge in [-0.3, -0.25) is 4.79 Å². The van der Waals surface area contributed by atoms with E-state index in [9.17, 15) is 4.79 Å². The number of aliphatic hydroxyl groups excluding tert-OH is 1. The van der Waals surface area contributed by atoms with Gasteiger partial charge in [-0.25, -0.2) is 4.68 Å². The summed E-state index contributed by atoms with van der Waals surface area (Å²) in [5.74, 6) is -0.103. The second-order valence-corrected chi connectivity index (χ2v) is 4.78. The predicted molar refractivity (Wildman–Crippen MR) is 78.1 cm³/mol. The maximum Gasteiger partial charge on any atom is 0.224 e. The van der Waals surface area contributed by atoms with Crippen molar-refractivity contribution in [1.82, 2.24) is 9.78 Å². The molecular formula is C14H16ClN3O2. The van der Waals surface area contributed by atoms with E-state index < -0.39 is 0 Å². The average molecular weight is 294 g/mol. The average Bonchev–Trinajstić information content (AvgIpc) is 2.93. The van der Waals surface area contributed by atoms with Crippen LogP contribution in [0.25, 0.3) is 5.69 Å². The Morgan fingerprint density at radius 1 is 1.40 bits per heavy atom. The lowest BCUT2D eigenvalue weighted by atomic mass is 10.2. The van der Waals surface area contributed by atoms with Crippen molar-refractivity contribution in [3.8, 4) is 5.69 Å². The highest BCUT2D eigenvalue weighted by Crippen LogP contribution is 2.24. The van der Waals surface area contributed by atoms with E-state index in [0.29, 0.717) is 30.0 Å². The molecule has 0 atom stereocenters. The SMILES string of the molecule is O=C(CCCCO)Nc1cc(Cl)ccc1-n1cccn1. The minimum Gasteiger partial charge on any atom is -0.396 e. The van der Waals surface area contributed by atoms with Gasteiger partial charge in [0.05, 0.1) is 11.4 Å². The summed E-state index contributed by atoms with van der Waals surface area (Å²) in [4.78, 5) is 11.9. The molecule has 0 fully saturated rings. The number of carbonyl (C=O) groups is 1. The lowest BCUT2D eigenvalue weighted by Crippen LogP contribution is -2.13. The van der Waals surface area contributed by atoms with E-state index in [4.69, 9.17) is 16.7 Å². The fourth-order valence-corrected chi connectivity index (χ4v) is 2.00. The second-order valence-electron chi connectivity index (χ2n) is 4.34. The number of nitrogens with zero attached hydrogens (tertiary/aromatic N) is 2. The van der Waals surface area contributed by atoms with Gasteiger partial charge in [-0.05, 0) is 37.1 Å². The summed E-state index contributed by atoms with van der Waals surface area (Å²) in [7, 11) is 0. The standard InChI is InChI=1S/C14H16ClN3O2/c15-11-5-6-13(18-8-3-7-16-18)12(10-11)17-14(20)4-1-2-9-19/h3,5-8,10,19H,1-2,4,9H2,(H,17,20). The maximum atomic E-state index is 11.9. The number of amides is 1. The number of unbranched alkanes of at least 4 members (excludes halogenated alkanes) is 1. The van der Waals surface area contributed by atoms with Crippen LogP contribution in [-0.2, 0) is 4.79 Å². The number of anilines is 1. The molecule has 0 saturated heterocycles. The first-order chi connectivity index (χ1) is 9.70. The second kappa shape index (κ2) is 7.07. The van der Waals surface area contributed by atoms with E-state index in [0.717, 1.165) is 5.69 Å². The molecule has 0 spiro atoms. The minimum absolute atomic E-state index is 0.100. The molecule has 2 rings (SSSR count). The molecule has 2 N–H and O–H groups in total. The monoisotopic (exact) mass is 293 g/mol. The Bertz CT molecular complexity index is 570. The van der Waals surface area contributed by atoms with E-state index >= 15 is 0 Å². The van der Waals surface area contributed by atoms with Crippen LogP contribution in [0.5, 0.6) is 0 Å². The number of nitrogens with one attached hydrogen (secondary N) is 1. The molecule has 1 heterocycles. The van der Waals surface area contributed by atoms with E-state index in [-0.39, 0.29) is 12.5 Å². The van der Waals surface area contributed by atoms with Gasteiger partial charge in [-0.2, -0.15) is 5.10 Å². The van der Waals surface area contributed by atoms with Crippen LogP contribution in [-0.4, -0.2) is 27.4 Å². The summed E-state index contributed by atoms with van der Waals surface area (Å²) in [5.41, 5.74) is 1.38. The van der Waals surface area contributed by atoms with Crippen molar-refractivity contribution in [2.45, 2.75) is 19.3 Å². The van der Waals surface area contributed by atoms with Crippen LogP contribution in [0.1, 0.15) is 19.3 Å². The quantitative estimate of drug-likeness (QED) is 0.805. The third kappa shape index (κ3) is 3.82. The van der Waals surface area contributed by atoms with Crippen molar-refractivity contribution in [2.24, 2.45) is 0 Å². The maximum absolute atomic E-state index is 11.9. The summed E-state index contributed by atoms with van der Waals surface area (Å²) in [6.07, 6.45) is 5.10. The third-order valence-electron chi connectivity index (χ3n) is 2.80. The molecule has 2 aromatic rings. The molecule has 106 valence electrons. The number of aromatic nitrogens is 2. The molecule has 0 radical (unpaired) electrons. The van der Waals surface area contributed by atoms with Crippen LogP contribution in [0.15, 0.2) is 36.7 Å². The van der Waals surface area contributed by atoms with Crippen LogP contribution < -0.4 is 5.32 Å². The van der Waals surface area contributed by atoms with Crippen molar-refractivity contribution in [1.29, 1.82) is 0 Å². The van der Waals surface area contributed by atoms with Crippen LogP contribution in [0.2, 0.25) is 5.02 Å². The normalized spacial score (nSPS) is 10.5. The largest absolute Gasteiger partial charge is 0.396 e. The highest BCUT2D eigenvalue weighted by atomic mass is 35.5. The summed E-state index contributed by atoms with van der Waals surface area (Å²) in [6.45, 7) is 0.100. The molecular weight excluding hydrogens is 278 g/mol. The third-order valence-corrected chi connectivity index (χ3v) is 3.03.